The molecule has 0 N–H and O–H groups in total. The lowest BCUT2D eigenvalue weighted by atomic mass is 9.22. The molecule has 0 aromatic heterocycles. The smallest absolute Gasteiger partial charge is 0.246 e. The Bertz CT molecular complexity index is 3900. The number of ether oxygens (including phenoxy) is 8. The van der Waals surface area contributed by atoms with Crippen LogP contribution in [0.4, 0.5) is 5.69 Å². The summed E-state index contributed by atoms with van der Waals surface area (Å²) in [5.74, 6) is -0.296. The van der Waals surface area contributed by atoms with Crippen LogP contribution in [0.3, 0.4) is 0 Å². The minimum absolute atomic E-state index is 0.00189. The van der Waals surface area contributed by atoms with E-state index in [4.69, 9.17) is 37.9 Å². The summed E-state index contributed by atoms with van der Waals surface area (Å²) >= 11 is 0. The molecule has 5 aromatic rings. The highest BCUT2D eigenvalue weighted by Gasteiger charge is 3.06. The highest BCUT2D eigenvalue weighted by atomic mass is 16.6. The normalized spacial score (nSPS) is 44.3. The van der Waals surface area contributed by atoms with E-state index in [-0.39, 0.29) is 82.5 Å². The monoisotopic (exact) mass is 1140 g/mol. The summed E-state index contributed by atoms with van der Waals surface area (Å²) in [4.78, 5) is 36.1. The third-order valence-corrected chi connectivity index (χ3v) is 27.3. The minimum atomic E-state index is -1.41. The molecule has 12 fully saturated rings. The van der Waals surface area contributed by atoms with Gasteiger partial charge in [0.1, 0.15) is 34.3 Å². The lowest BCUT2D eigenvalue weighted by Crippen LogP contribution is -2.85. The number of imide groups is 1. The first kappa shape index (κ1) is 51.9. The first-order valence-electron chi connectivity index (χ1n) is 31.2. The van der Waals surface area contributed by atoms with Crippen molar-refractivity contribution in [3.63, 3.8) is 0 Å². The fourth-order valence-corrected chi connectivity index (χ4v) is 26.3. The Morgan fingerprint density at radius 1 is 0.600 bits per heavy atom. The van der Waals surface area contributed by atoms with E-state index >= 15 is 9.59 Å². The van der Waals surface area contributed by atoms with E-state index in [0.29, 0.717) is 32.1 Å². The van der Waals surface area contributed by atoms with Crippen LogP contribution in [-0.4, -0.2) is 111 Å². The van der Waals surface area contributed by atoms with Gasteiger partial charge in [-0.25, -0.2) is 4.90 Å². The fourth-order valence-electron chi connectivity index (χ4n) is 26.3. The van der Waals surface area contributed by atoms with Crippen LogP contribution in [0.5, 0.6) is 5.75 Å². The topological polar surface area (TPSA) is 159 Å². The van der Waals surface area contributed by atoms with E-state index in [9.17, 15) is 10.5 Å². The third kappa shape index (κ3) is 4.90. The van der Waals surface area contributed by atoms with Gasteiger partial charge in [0.2, 0.25) is 11.8 Å². The molecule has 85 heavy (non-hydrogen) atoms. The molecule has 0 radical (unpaired) electrons. The molecule has 13 aliphatic rings. The van der Waals surface area contributed by atoms with E-state index in [2.05, 4.69) is 110 Å². The van der Waals surface area contributed by atoms with E-state index in [0.717, 1.165) is 70.9 Å². The average molecular weight is 1140 g/mol. The van der Waals surface area contributed by atoms with Gasteiger partial charge in [-0.1, -0.05) is 91.9 Å². The van der Waals surface area contributed by atoms with Crippen LogP contribution in [0.15, 0.2) is 114 Å². The molecular weight excluding hydrogens is 1070 g/mol. The summed E-state index contributed by atoms with van der Waals surface area (Å²) in [6, 6.07) is 40.8. The molecule has 0 spiro atoms. The van der Waals surface area contributed by atoms with Gasteiger partial charge in [0, 0.05) is 86.3 Å². The van der Waals surface area contributed by atoms with Crippen molar-refractivity contribution >= 4 is 28.3 Å². The summed E-state index contributed by atoms with van der Waals surface area (Å²) in [5.41, 5.74) is 4.11. The van der Waals surface area contributed by atoms with E-state index in [1.54, 1.807) is 33.3 Å². The number of hydrogen-bond donors (Lipinski definition) is 0. The summed E-state index contributed by atoms with van der Waals surface area (Å²) in [5, 5.41) is 23.5. The zero-order chi connectivity index (χ0) is 57.9. The van der Waals surface area contributed by atoms with Gasteiger partial charge in [-0.05, 0) is 142 Å². The fraction of sp³-hybridized carbons (Fsp3) is 0.528. The summed E-state index contributed by atoms with van der Waals surface area (Å²) in [7, 11) is 10.8. The summed E-state index contributed by atoms with van der Waals surface area (Å²) in [6.45, 7) is 3.76. The summed E-state index contributed by atoms with van der Waals surface area (Å²) < 4.78 is 56.1. The molecule has 10 bridgehead atoms. The zero-order valence-corrected chi connectivity index (χ0v) is 49.3. The molecule has 18 rings (SSSR count). The first-order valence-corrected chi connectivity index (χ1v) is 31.2. The molecule has 5 aromatic carbocycles. The van der Waals surface area contributed by atoms with Crippen molar-refractivity contribution in [2.75, 3.05) is 74.0 Å². The largest absolute Gasteiger partial charge is 0.496 e. The minimum Gasteiger partial charge on any atom is -0.496 e. The maximum atomic E-state index is 17.3. The number of amides is 2. The number of anilines is 1. The number of nitrogens with zero attached hydrogens (tertiary/aromatic N) is 3. The quantitative estimate of drug-likeness (QED) is 0.0449. The van der Waals surface area contributed by atoms with Crippen molar-refractivity contribution in [2.45, 2.75) is 80.9 Å². The number of carbonyl (C=O) groups excluding carboxylic acids is 2. The first-order chi connectivity index (χ1) is 41.6. The Labute approximate surface area is 495 Å². The van der Waals surface area contributed by atoms with Gasteiger partial charge in [-0.15, -0.1) is 0 Å². The Kier molecular flexibility index (Phi) is 10.3. The van der Waals surface area contributed by atoms with E-state index in [1.807, 2.05) is 26.4 Å². The second kappa shape index (κ2) is 16.9. The molecule has 13 nitrogen and oxygen atoms in total. The summed E-state index contributed by atoms with van der Waals surface area (Å²) in [6.07, 6.45) is 1.36. The molecule has 2 amide bonds. The lowest BCUT2D eigenvalue weighted by molar-refractivity contribution is -0.334. The Hall–Kier alpha value is -6.26. The molecular formula is C72H71N3O10. The highest BCUT2D eigenvalue weighted by Crippen LogP contribution is 2.98. The predicted octanol–water partition coefficient (Wildman–Crippen LogP) is 10.5. The molecule has 5 aliphatic heterocycles. The zero-order valence-electron chi connectivity index (χ0n) is 49.3. The van der Waals surface area contributed by atoms with Gasteiger partial charge in [0.05, 0.1) is 69.2 Å². The van der Waals surface area contributed by atoms with Crippen molar-refractivity contribution in [1.82, 2.24) is 0 Å². The second-order valence-corrected chi connectivity index (χ2v) is 28.0. The number of fused-ring (bicyclic) bond motifs is 35. The number of benzene rings is 5. The Morgan fingerprint density at radius 2 is 1.12 bits per heavy atom. The van der Waals surface area contributed by atoms with Crippen molar-refractivity contribution in [3.05, 3.63) is 131 Å². The van der Waals surface area contributed by atoms with Crippen molar-refractivity contribution in [3.8, 4) is 40.1 Å². The Morgan fingerprint density at radius 3 is 1.64 bits per heavy atom. The number of hydrogen-bond acceptors (Lipinski definition) is 12. The number of rotatable bonds is 14. The average Bonchev–Trinajstić information content (AvgIpc) is 1.41. The number of nitriles is 2. The maximum absolute atomic E-state index is 17.3. The van der Waals surface area contributed by atoms with Crippen LogP contribution in [0.2, 0.25) is 0 Å². The molecule has 5 saturated heterocycles. The van der Waals surface area contributed by atoms with E-state index < -0.39 is 62.5 Å². The molecule has 8 aliphatic carbocycles. The molecule has 434 valence electrons. The third-order valence-electron chi connectivity index (χ3n) is 27.3. The molecule has 22 atom stereocenters. The predicted molar refractivity (Wildman–Crippen MR) is 312 cm³/mol. The molecule has 7 saturated carbocycles. The maximum Gasteiger partial charge on any atom is 0.246 e. The van der Waals surface area contributed by atoms with Crippen LogP contribution in [0.25, 0.3) is 33.0 Å². The molecule has 5 heterocycles. The van der Waals surface area contributed by atoms with Crippen molar-refractivity contribution in [2.24, 2.45) is 85.8 Å². The van der Waals surface area contributed by atoms with Crippen LogP contribution >= 0.6 is 0 Å². The van der Waals surface area contributed by atoms with Gasteiger partial charge in [0.15, 0.2) is 0 Å². The van der Waals surface area contributed by atoms with Gasteiger partial charge in [-0.2, -0.15) is 10.5 Å². The number of methoxy groups -OCH3 is 6. The van der Waals surface area contributed by atoms with Crippen LogP contribution in [0.1, 0.15) is 61.1 Å². The van der Waals surface area contributed by atoms with Crippen molar-refractivity contribution < 1.29 is 47.5 Å². The van der Waals surface area contributed by atoms with Crippen LogP contribution in [0, 0.1) is 108 Å². The lowest BCUT2D eigenvalue weighted by Gasteiger charge is -2.78. The molecule has 13 heteroatoms. The number of allylic oxidation sites excluding steroid dienone is 1. The van der Waals surface area contributed by atoms with Crippen LogP contribution in [-0.2, 0) is 49.2 Å². The number of aryl methyl sites for hydroxylation is 1. The van der Waals surface area contributed by atoms with Crippen LogP contribution < -0.4 is 9.64 Å². The van der Waals surface area contributed by atoms with E-state index in [1.165, 1.54) is 22.3 Å². The standard InChI is InChI=1S/C72H71N3O10/c1-8-36-22-24-40(25-23-36)75-64(76)71-60-56-57(68(34-80-4)45-28-44(67(56,68)33-79-3)52-48(37-16-11-9-12-17-37)41-20-15-21-47(82-6)51(41)49(53(45)52)38-18-13-10-14-19-38)61(84-60)72(71,65(75)77)63-59-58(62(71)85-63)66(32-78-2)43-29-46(69(59,66)35-81-5)55-50(43)42-26-27-70(55,83-7)54(42)39(30-73)31-74/h9-25,42-46,50,55-63H,8,26-29,32-35H2,1-7H3/t42-,43+,44-,45+,46-,50?,55?,56?,57?,58?,59?,60-,61+,62+,63-,66+,67-,68+,69-,70+,71+,72-/m1/s1. The number of carbonyl (C=O) groups is 2. The van der Waals surface area contributed by atoms with Crippen molar-refractivity contribution in [1.29, 1.82) is 10.5 Å². The van der Waals surface area contributed by atoms with Gasteiger partial charge >= 0.3 is 0 Å². The molecule has 6 unspecified atom stereocenters. The second-order valence-electron chi connectivity index (χ2n) is 28.0. The Balaban J connectivity index is 0.892. The SMILES string of the molecule is CCc1ccc(N2C(=O)[C@@]34[C@@H]5O[C@@H](C6C5[C@@]5(COC)[C@@H]7C[C@@H](C8C7[C@]7(OC)CC[C@H]8C7=C(C#N)C#N)[C@@]65COC)[C@]3(C2=O)[C@@H]2O[C@H]4C3C2[C@@]2(COC)[C@@H]4C[C@@H](c5c4c(-c4ccccc4)c4cccc(OC)c4c5-c4ccccc4)[C@@]32COC)cc1. The van der Waals surface area contributed by atoms with Gasteiger partial charge < -0.3 is 37.9 Å². The van der Waals surface area contributed by atoms with Gasteiger partial charge in [0.25, 0.3) is 0 Å². The van der Waals surface area contributed by atoms with Gasteiger partial charge in [-0.3, -0.25) is 9.59 Å². The highest BCUT2D eigenvalue weighted by molar-refractivity contribution is 6.27.